The monoisotopic (exact) mass is 447 g/mol. The molecule has 1 amide bonds. The Morgan fingerprint density at radius 1 is 1.03 bits per heavy atom. The normalized spacial score (nSPS) is 15.8. The number of rotatable bonds is 7. The van der Waals surface area contributed by atoms with Gasteiger partial charge >= 0.3 is 5.97 Å². The summed E-state index contributed by atoms with van der Waals surface area (Å²) >= 11 is 1.25. The van der Waals surface area contributed by atoms with E-state index in [-0.39, 0.29) is 11.4 Å². The number of aliphatic hydroxyl groups excluding tert-OH is 1. The number of benzene rings is 2. The van der Waals surface area contributed by atoms with E-state index in [0.29, 0.717) is 29.0 Å². The number of methoxy groups -OCH3 is 1. The van der Waals surface area contributed by atoms with Crippen LogP contribution in [0.15, 0.2) is 83.4 Å². The van der Waals surface area contributed by atoms with Crippen LogP contribution in [0.5, 0.6) is 0 Å². The second-order valence-electron chi connectivity index (χ2n) is 7.32. The summed E-state index contributed by atoms with van der Waals surface area (Å²) in [6, 6.07) is 18.9. The van der Waals surface area contributed by atoms with Crippen molar-refractivity contribution in [3.8, 4) is 0 Å². The molecule has 6 nitrogen and oxygen atoms in total. The smallest absolute Gasteiger partial charge is 0.337 e. The predicted molar refractivity (Wildman–Crippen MR) is 121 cm³/mol. The summed E-state index contributed by atoms with van der Waals surface area (Å²) in [5.41, 5.74) is 2.08. The van der Waals surface area contributed by atoms with Gasteiger partial charge in [-0.25, -0.2) is 4.79 Å². The van der Waals surface area contributed by atoms with Gasteiger partial charge in [0.1, 0.15) is 0 Å². The highest BCUT2D eigenvalue weighted by Gasteiger charge is 2.43. The van der Waals surface area contributed by atoms with Crippen molar-refractivity contribution in [2.45, 2.75) is 12.5 Å². The van der Waals surface area contributed by atoms with E-state index in [1.165, 1.54) is 23.3 Å². The van der Waals surface area contributed by atoms with Crippen LogP contribution in [0.3, 0.4) is 0 Å². The second-order valence-corrected chi connectivity index (χ2v) is 8.27. The van der Waals surface area contributed by atoms with Crippen LogP contribution in [0.25, 0.3) is 0 Å². The fourth-order valence-electron chi connectivity index (χ4n) is 3.82. The largest absolute Gasteiger partial charge is 0.503 e. The SMILES string of the molecule is COC(=O)c1ccc(C2C(C(=O)c3cccs3)=C(O)C(=O)N2CCc2ccccc2)cc1. The summed E-state index contributed by atoms with van der Waals surface area (Å²) in [6.07, 6.45) is 0.567. The van der Waals surface area contributed by atoms with Gasteiger partial charge in [-0.05, 0) is 41.1 Å². The lowest BCUT2D eigenvalue weighted by Gasteiger charge is -2.27. The number of nitrogens with zero attached hydrogens (tertiary/aromatic N) is 1. The number of hydrogen-bond donors (Lipinski definition) is 1. The molecule has 1 aliphatic heterocycles. The average molecular weight is 448 g/mol. The number of hydrogen-bond acceptors (Lipinski definition) is 6. The Kier molecular flexibility index (Phi) is 6.18. The maximum atomic E-state index is 13.2. The highest BCUT2D eigenvalue weighted by Crippen LogP contribution is 2.39. The second kappa shape index (κ2) is 9.20. The predicted octanol–water partition coefficient (Wildman–Crippen LogP) is 4.36. The number of ketones is 1. The van der Waals surface area contributed by atoms with Crippen LogP contribution >= 0.6 is 11.3 Å². The van der Waals surface area contributed by atoms with Crippen molar-refractivity contribution in [3.05, 3.63) is 105 Å². The number of amides is 1. The molecule has 1 atom stereocenters. The van der Waals surface area contributed by atoms with E-state index in [2.05, 4.69) is 0 Å². The zero-order valence-electron chi connectivity index (χ0n) is 17.4. The fraction of sp³-hybridized carbons (Fsp3) is 0.160. The number of esters is 1. The Morgan fingerprint density at radius 3 is 2.38 bits per heavy atom. The zero-order valence-corrected chi connectivity index (χ0v) is 18.2. The molecule has 0 aliphatic carbocycles. The molecule has 2 heterocycles. The molecule has 0 fully saturated rings. The first-order valence-electron chi connectivity index (χ1n) is 10.1. The van der Waals surface area contributed by atoms with Gasteiger partial charge in [0.15, 0.2) is 5.76 Å². The lowest BCUT2D eigenvalue weighted by Crippen LogP contribution is -2.33. The fourth-order valence-corrected chi connectivity index (χ4v) is 4.49. The molecule has 0 radical (unpaired) electrons. The summed E-state index contributed by atoms with van der Waals surface area (Å²) in [5, 5.41) is 12.5. The van der Waals surface area contributed by atoms with Crippen molar-refractivity contribution >= 4 is 29.0 Å². The van der Waals surface area contributed by atoms with Gasteiger partial charge in [0.25, 0.3) is 5.91 Å². The van der Waals surface area contributed by atoms with Crippen LogP contribution in [-0.2, 0) is 16.0 Å². The number of Topliss-reactive ketones (excluding diaryl/α,β-unsaturated/α-hetero) is 1. The summed E-state index contributed by atoms with van der Waals surface area (Å²) in [4.78, 5) is 40.0. The first-order valence-corrected chi connectivity index (χ1v) is 10.9. The topological polar surface area (TPSA) is 83.9 Å². The molecule has 1 aliphatic rings. The molecule has 1 N–H and O–H groups in total. The third-order valence-corrected chi connectivity index (χ3v) is 6.29. The van der Waals surface area contributed by atoms with Gasteiger partial charge < -0.3 is 14.7 Å². The van der Waals surface area contributed by atoms with Crippen LogP contribution in [-0.4, -0.2) is 41.3 Å². The minimum atomic E-state index is -0.757. The van der Waals surface area contributed by atoms with E-state index in [9.17, 15) is 19.5 Å². The Labute approximate surface area is 189 Å². The van der Waals surface area contributed by atoms with Gasteiger partial charge in [-0.15, -0.1) is 11.3 Å². The Bertz CT molecular complexity index is 1170. The van der Waals surface area contributed by atoms with Crippen LogP contribution < -0.4 is 0 Å². The Morgan fingerprint density at radius 2 is 1.75 bits per heavy atom. The third-order valence-electron chi connectivity index (χ3n) is 5.42. The van der Waals surface area contributed by atoms with E-state index in [4.69, 9.17) is 4.74 Å². The van der Waals surface area contributed by atoms with E-state index >= 15 is 0 Å². The maximum Gasteiger partial charge on any atom is 0.337 e. The van der Waals surface area contributed by atoms with E-state index < -0.39 is 23.7 Å². The molecule has 0 saturated heterocycles. The molecule has 32 heavy (non-hydrogen) atoms. The van der Waals surface area contributed by atoms with Crippen molar-refractivity contribution in [2.75, 3.05) is 13.7 Å². The van der Waals surface area contributed by atoms with Crippen LogP contribution in [0, 0.1) is 0 Å². The van der Waals surface area contributed by atoms with Gasteiger partial charge in [-0.1, -0.05) is 48.5 Å². The molecular weight excluding hydrogens is 426 g/mol. The summed E-state index contributed by atoms with van der Waals surface area (Å²) in [7, 11) is 1.30. The van der Waals surface area contributed by atoms with Crippen molar-refractivity contribution in [2.24, 2.45) is 0 Å². The standard InChI is InChI=1S/C25H21NO5S/c1-31-25(30)18-11-9-17(10-12-18)21-20(22(27)19-8-5-15-32-19)23(28)24(29)26(21)14-13-16-6-3-2-4-7-16/h2-12,15,21,28H,13-14H2,1H3. The Balaban J connectivity index is 1.71. The summed E-state index contributed by atoms with van der Waals surface area (Å²) < 4.78 is 4.75. The molecule has 7 heteroatoms. The van der Waals surface area contributed by atoms with Crippen molar-refractivity contribution < 1.29 is 24.2 Å². The van der Waals surface area contributed by atoms with Crippen molar-refractivity contribution in [1.82, 2.24) is 4.90 Å². The lowest BCUT2D eigenvalue weighted by molar-refractivity contribution is -0.129. The molecule has 4 rings (SSSR count). The number of aliphatic hydroxyl groups is 1. The molecule has 2 aromatic carbocycles. The van der Waals surface area contributed by atoms with Crippen molar-refractivity contribution in [3.63, 3.8) is 0 Å². The number of thiophene rings is 1. The summed E-state index contributed by atoms with van der Waals surface area (Å²) in [6.45, 7) is 0.317. The zero-order chi connectivity index (χ0) is 22.7. The highest BCUT2D eigenvalue weighted by atomic mass is 32.1. The first kappa shape index (κ1) is 21.5. The van der Waals surface area contributed by atoms with E-state index in [1.807, 2.05) is 30.3 Å². The van der Waals surface area contributed by atoms with E-state index in [1.54, 1.807) is 41.8 Å². The van der Waals surface area contributed by atoms with Gasteiger partial charge in [0, 0.05) is 6.54 Å². The third kappa shape index (κ3) is 4.07. The lowest BCUT2D eigenvalue weighted by atomic mass is 9.94. The summed E-state index contributed by atoms with van der Waals surface area (Å²) in [5.74, 6) is -1.97. The van der Waals surface area contributed by atoms with E-state index in [0.717, 1.165) is 5.56 Å². The van der Waals surface area contributed by atoms with Gasteiger partial charge in [-0.2, -0.15) is 0 Å². The molecule has 162 valence electrons. The minimum absolute atomic E-state index is 0.0522. The van der Waals surface area contributed by atoms with Crippen LogP contribution in [0.2, 0.25) is 0 Å². The highest BCUT2D eigenvalue weighted by molar-refractivity contribution is 7.12. The quantitative estimate of drug-likeness (QED) is 0.430. The van der Waals surface area contributed by atoms with Gasteiger partial charge in [0.05, 0.1) is 29.2 Å². The Hall–Kier alpha value is -3.71. The first-order chi connectivity index (χ1) is 15.5. The average Bonchev–Trinajstić information content (AvgIpc) is 3.45. The van der Waals surface area contributed by atoms with Crippen LogP contribution in [0.1, 0.15) is 37.2 Å². The molecule has 0 saturated carbocycles. The molecular formula is C25H21NO5S. The number of carbonyl (C=O) groups is 3. The molecule has 1 unspecified atom stereocenters. The molecule has 0 spiro atoms. The molecule has 1 aromatic heterocycles. The molecule has 3 aromatic rings. The van der Waals surface area contributed by atoms with Crippen molar-refractivity contribution in [1.29, 1.82) is 0 Å². The molecule has 0 bridgehead atoms. The minimum Gasteiger partial charge on any atom is -0.503 e. The van der Waals surface area contributed by atoms with Gasteiger partial charge in [-0.3, -0.25) is 9.59 Å². The maximum absolute atomic E-state index is 13.2. The number of ether oxygens (including phenoxy) is 1. The van der Waals surface area contributed by atoms with Crippen LogP contribution in [0.4, 0.5) is 0 Å². The number of carbonyl (C=O) groups excluding carboxylic acids is 3. The van der Waals surface area contributed by atoms with Gasteiger partial charge in [0.2, 0.25) is 5.78 Å².